The Balaban J connectivity index is 1.57. The monoisotopic (exact) mass is 291 g/mol. The maximum Gasteiger partial charge on any atom is 0.276 e. The molecule has 106 valence electrons. The SMILES string of the molecule is COc1ccc(CSc2nnc(C3CCCN3)o2)cc1. The molecule has 5 nitrogen and oxygen atoms in total. The third kappa shape index (κ3) is 3.13. The van der Waals surface area contributed by atoms with E-state index in [4.69, 9.17) is 9.15 Å². The molecule has 3 rings (SSSR count). The van der Waals surface area contributed by atoms with Crippen molar-refractivity contribution in [1.82, 2.24) is 15.5 Å². The number of ether oxygens (including phenoxy) is 1. The molecule has 1 aliphatic heterocycles. The fourth-order valence-electron chi connectivity index (χ4n) is 2.18. The first-order valence-corrected chi connectivity index (χ1v) is 7.66. The summed E-state index contributed by atoms with van der Waals surface area (Å²) < 4.78 is 10.8. The molecule has 1 N–H and O–H groups in total. The summed E-state index contributed by atoms with van der Waals surface area (Å²) in [5.74, 6) is 2.38. The van der Waals surface area contributed by atoms with Gasteiger partial charge in [-0.3, -0.25) is 0 Å². The average Bonchev–Trinajstić information content (AvgIpc) is 3.16. The minimum absolute atomic E-state index is 0.234. The second-order valence-electron chi connectivity index (χ2n) is 4.69. The first-order valence-electron chi connectivity index (χ1n) is 6.67. The highest BCUT2D eigenvalue weighted by atomic mass is 32.2. The van der Waals surface area contributed by atoms with Gasteiger partial charge in [-0.2, -0.15) is 0 Å². The minimum atomic E-state index is 0.234. The predicted molar refractivity (Wildman–Crippen MR) is 76.8 cm³/mol. The van der Waals surface area contributed by atoms with Crippen LogP contribution in [-0.4, -0.2) is 23.9 Å². The highest BCUT2D eigenvalue weighted by Crippen LogP contribution is 2.27. The summed E-state index contributed by atoms with van der Waals surface area (Å²) in [5, 5.41) is 12.2. The zero-order chi connectivity index (χ0) is 13.8. The van der Waals surface area contributed by atoms with Crippen molar-refractivity contribution in [2.75, 3.05) is 13.7 Å². The van der Waals surface area contributed by atoms with Crippen molar-refractivity contribution in [3.63, 3.8) is 0 Å². The van der Waals surface area contributed by atoms with Gasteiger partial charge in [-0.25, -0.2) is 0 Å². The zero-order valence-electron chi connectivity index (χ0n) is 11.3. The van der Waals surface area contributed by atoms with Gasteiger partial charge in [-0.15, -0.1) is 10.2 Å². The predicted octanol–water partition coefficient (Wildman–Crippen LogP) is 2.80. The Labute approximate surface area is 122 Å². The van der Waals surface area contributed by atoms with E-state index in [0.29, 0.717) is 11.1 Å². The van der Waals surface area contributed by atoms with Crippen LogP contribution < -0.4 is 10.1 Å². The van der Waals surface area contributed by atoms with Crippen LogP contribution in [0.3, 0.4) is 0 Å². The van der Waals surface area contributed by atoms with Crippen molar-refractivity contribution in [2.24, 2.45) is 0 Å². The molecule has 0 spiro atoms. The largest absolute Gasteiger partial charge is 0.497 e. The molecule has 1 aliphatic rings. The summed E-state index contributed by atoms with van der Waals surface area (Å²) in [6.45, 7) is 1.03. The summed E-state index contributed by atoms with van der Waals surface area (Å²) in [6, 6.07) is 8.23. The number of aromatic nitrogens is 2. The average molecular weight is 291 g/mol. The first-order chi connectivity index (χ1) is 9.85. The van der Waals surface area contributed by atoms with Crippen LogP contribution >= 0.6 is 11.8 Å². The van der Waals surface area contributed by atoms with Gasteiger partial charge in [0, 0.05) is 5.75 Å². The Kier molecular flexibility index (Phi) is 4.22. The summed E-state index contributed by atoms with van der Waals surface area (Å²) in [6.07, 6.45) is 2.24. The Bertz CT molecular complexity index is 550. The molecule has 2 aromatic rings. The summed E-state index contributed by atoms with van der Waals surface area (Å²) >= 11 is 1.56. The van der Waals surface area contributed by atoms with Crippen molar-refractivity contribution >= 4 is 11.8 Å². The summed E-state index contributed by atoms with van der Waals surface area (Å²) in [7, 11) is 1.67. The van der Waals surface area contributed by atoms with E-state index in [1.54, 1.807) is 18.9 Å². The third-order valence-corrected chi connectivity index (χ3v) is 4.19. The van der Waals surface area contributed by atoms with E-state index < -0.39 is 0 Å². The van der Waals surface area contributed by atoms with Crippen LogP contribution in [0.5, 0.6) is 5.75 Å². The molecule has 1 aromatic heterocycles. The van der Waals surface area contributed by atoms with Gasteiger partial charge >= 0.3 is 0 Å². The fourth-order valence-corrected chi connectivity index (χ4v) is 2.91. The lowest BCUT2D eigenvalue weighted by molar-refractivity contribution is 0.374. The van der Waals surface area contributed by atoms with Gasteiger partial charge in [0.15, 0.2) is 0 Å². The fraction of sp³-hybridized carbons (Fsp3) is 0.429. The lowest BCUT2D eigenvalue weighted by Crippen LogP contribution is -2.12. The van der Waals surface area contributed by atoms with Crippen molar-refractivity contribution in [1.29, 1.82) is 0 Å². The molecule has 20 heavy (non-hydrogen) atoms. The molecule has 0 saturated carbocycles. The maximum absolute atomic E-state index is 5.69. The first kappa shape index (κ1) is 13.5. The molecular formula is C14H17N3O2S. The van der Waals surface area contributed by atoms with E-state index in [1.807, 2.05) is 24.3 Å². The smallest absolute Gasteiger partial charge is 0.276 e. The molecule has 0 amide bonds. The van der Waals surface area contributed by atoms with E-state index in [1.165, 1.54) is 12.0 Å². The maximum atomic E-state index is 5.69. The van der Waals surface area contributed by atoms with Crippen molar-refractivity contribution < 1.29 is 9.15 Å². The molecule has 0 aliphatic carbocycles. The molecule has 0 radical (unpaired) electrons. The third-order valence-electron chi connectivity index (χ3n) is 3.30. The van der Waals surface area contributed by atoms with Crippen LogP contribution in [0.25, 0.3) is 0 Å². The van der Waals surface area contributed by atoms with Crippen molar-refractivity contribution in [3.8, 4) is 5.75 Å². The molecule has 2 heterocycles. The minimum Gasteiger partial charge on any atom is -0.497 e. The number of methoxy groups -OCH3 is 1. The molecular weight excluding hydrogens is 274 g/mol. The second kappa shape index (κ2) is 6.28. The number of nitrogens with zero attached hydrogens (tertiary/aromatic N) is 2. The lowest BCUT2D eigenvalue weighted by atomic mass is 10.2. The van der Waals surface area contributed by atoms with Gasteiger partial charge in [0.2, 0.25) is 5.89 Å². The van der Waals surface area contributed by atoms with Gasteiger partial charge in [0.05, 0.1) is 13.2 Å². The van der Waals surface area contributed by atoms with E-state index in [2.05, 4.69) is 15.5 Å². The highest BCUT2D eigenvalue weighted by Gasteiger charge is 2.22. The lowest BCUT2D eigenvalue weighted by Gasteiger charge is -2.03. The molecule has 6 heteroatoms. The molecule has 1 atom stereocenters. The van der Waals surface area contributed by atoms with Crippen LogP contribution in [0.1, 0.15) is 30.3 Å². The van der Waals surface area contributed by atoms with E-state index >= 15 is 0 Å². The van der Waals surface area contributed by atoms with Gasteiger partial charge in [0.1, 0.15) is 5.75 Å². The Hall–Kier alpha value is -1.53. The van der Waals surface area contributed by atoms with Crippen LogP contribution in [0.2, 0.25) is 0 Å². The van der Waals surface area contributed by atoms with E-state index in [-0.39, 0.29) is 6.04 Å². The summed E-state index contributed by atoms with van der Waals surface area (Å²) in [5.41, 5.74) is 1.20. The van der Waals surface area contributed by atoms with Crippen LogP contribution in [-0.2, 0) is 5.75 Å². The molecule has 1 aromatic carbocycles. The molecule has 1 saturated heterocycles. The quantitative estimate of drug-likeness (QED) is 0.855. The van der Waals surface area contributed by atoms with Gasteiger partial charge < -0.3 is 14.5 Å². The Morgan fingerprint density at radius 2 is 2.20 bits per heavy atom. The van der Waals surface area contributed by atoms with E-state index in [0.717, 1.165) is 24.5 Å². The van der Waals surface area contributed by atoms with Crippen LogP contribution in [0.4, 0.5) is 0 Å². The zero-order valence-corrected chi connectivity index (χ0v) is 12.2. The van der Waals surface area contributed by atoms with Gasteiger partial charge in [0.25, 0.3) is 5.22 Å². The number of nitrogens with one attached hydrogen (secondary N) is 1. The van der Waals surface area contributed by atoms with Gasteiger partial charge in [-0.05, 0) is 37.1 Å². The molecule has 1 unspecified atom stereocenters. The Morgan fingerprint density at radius 3 is 2.90 bits per heavy atom. The standard InChI is InChI=1S/C14H17N3O2S/c1-18-11-6-4-10(5-7-11)9-20-14-17-16-13(19-14)12-3-2-8-15-12/h4-7,12,15H,2-3,8-9H2,1H3. The van der Waals surface area contributed by atoms with Crippen molar-refractivity contribution in [3.05, 3.63) is 35.7 Å². The number of hydrogen-bond acceptors (Lipinski definition) is 6. The highest BCUT2D eigenvalue weighted by molar-refractivity contribution is 7.98. The normalized spacial score (nSPS) is 18.4. The molecule has 0 bridgehead atoms. The number of benzene rings is 1. The number of hydrogen-bond donors (Lipinski definition) is 1. The second-order valence-corrected chi connectivity index (χ2v) is 5.62. The molecule has 1 fully saturated rings. The van der Waals surface area contributed by atoms with Gasteiger partial charge in [-0.1, -0.05) is 23.9 Å². The van der Waals surface area contributed by atoms with Crippen molar-refractivity contribution in [2.45, 2.75) is 29.9 Å². The van der Waals surface area contributed by atoms with Crippen LogP contribution in [0, 0.1) is 0 Å². The topological polar surface area (TPSA) is 60.2 Å². The summed E-state index contributed by atoms with van der Waals surface area (Å²) in [4.78, 5) is 0. The number of thioether (sulfide) groups is 1. The van der Waals surface area contributed by atoms with Crippen LogP contribution in [0.15, 0.2) is 33.9 Å². The number of rotatable bonds is 5. The van der Waals surface area contributed by atoms with E-state index in [9.17, 15) is 0 Å². The Morgan fingerprint density at radius 1 is 1.35 bits per heavy atom.